The number of nitrogens with one attached hydrogen (secondary N) is 1. The fourth-order valence-electron chi connectivity index (χ4n) is 2.18. The number of phenols is 1. The number of aromatic hydroxyl groups is 1. The second kappa shape index (κ2) is 6.78. The SMILES string of the molecule is COC(=O)c1ccc(Nc2ccc(-c3ccccc3)nn2)c(O)c1. The van der Waals surface area contributed by atoms with Crippen molar-refractivity contribution in [2.24, 2.45) is 0 Å². The first-order valence-electron chi connectivity index (χ1n) is 7.25. The Morgan fingerprint density at radius 3 is 2.46 bits per heavy atom. The van der Waals surface area contributed by atoms with Crippen molar-refractivity contribution < 1.29 is 14.6 Å². The summed E-state index contributed by atoms with van der Waals surface area (Å²) in [5.74, 6) is -0.105. The van der Waals surface area contributed by atoms with Crippen molar-refractivity contribution in [3.05, 3.63) is 66.2 Å². The molecule has 0 spiro atoms. The van der Waals surface area contributed by atoms with Gasteiger partial charge in [0, 0.05) is 5.56 Å². The molecule has 0 aliphatic heterocycles. The van der Waals surface area contributed by atoms with Crippen molar-refractivity contribution >= 4 is 17.5 Å². The average Bonchev–Trinajstić information content (AvgIpc) is 2.64. The molecule has 0 saturated heterocycles. The first kappa shape index (κ1) is 15.5. The number of methoxy groups -OCH3 is 1. The van der Waals surface area contributed by atoms with E-state index in [4.69, 9.17) is 0 Å². The Hall–Kier alpha value is -3.41. The van der Waals surface area contributed by atoms with E-state index in [1.807, 2.05) is 36.4 Å². The Labute approximate surface area is 138 Å². The minimum Gasteiger partial charge on any atom is -0.506 e. The van der Waals surface area contributed by atoms with Gasteiger partial charge >= 0.3 is 5.97 Å². The molecule has 24 heavy (non-hydrogen) atoms. The largest absolute Gasteiger partial charge is 0.506 e. The Morgan fingerprint density at radius 1 is 1.04 bits per heavy atom. The maximum atomic E-state index is 11.4. The van der Waals surface area contributed by atoms with Gasteiger partial charge in [0.25, 0.3) is 0 Å². The van der Waals surface area contributed by atoms with Crippen LogP contribution in [-0.4, -0.2) is 28.4 Å². The topological polar surface area (TPSA) is 84.3 Å². The molecule has 0 bridgehead atoms. The zero-order valence-electron chi connectivity index (χ0n) is 12.9. The minimum absolute atomic E-state index is 0.0770. The molecule has 0 radical (unpaired) electrons. The summed E-state index contributed by atoms with van der Waals surface area (Å²) in [4.78, 5) is 11.4. The van der Waals surface area contributed by atoms with Crippen LogP contribution in [0.3, 0.4) is 0 Å². The lowest BCUT2D eigenvalue weighted by Gasteiger charge is -2.09. The van der Waals surface area contributed by atoms with Crippen molar-refractivity contribution in [1.29, 1.82) is 0 Å². The lowest BCUT2D eigenvalue weighted by atomic mass is 10.1. The molecule has 120 valence electrons. The molecular weight excluding hydrogens is 306 g/mol. The third-order valence-corrected chi connectivity index (χ3v) is 3.42. The van der Waals surface area contributed by atoms with Gasteiger partial charge in [-0.05, 0) is 30.3 Å². The van der Waals surface area contributed by atoms with Gasteiger partial charge in [-0.2, -0.15) is 0 Å². The van der Waals surface area contributed by atoms with Gasteiger partial charge in [-0.3, -0.25) is 0 Å². The van der Waals surface area contributed by atoms with Gasteiger partial charge in [0.1, 0.15) is 5.75 Å². The summed E-state index contributed by atoms with van der Waals surface area (Å²) in [5, 5.41) is 21.2. The second-order valence-corrected chi connectivity index (χ2v) is 5.02. The van der Waals surface area contributed by atoms with Crippen molar-refractivity contribution in [2.45, 2.75) is 0 Å². The Bertz CT molecular complexity index is 849. The number of phenolic OH excluding ortho intramolecular Hbond substituents is 1. The van der Waals surface area contributed by atoms with E-state index in [1.54, 1.807) is 18.2 Å². The molecule has 0 amide bonds. The number of aromatic nitrogens is 2. The first-order chi connectivity index (χ1) is 11.7. The summed E-state index contributed by atoms with van der Waals surface area (Å²) in [6.45, 7) is 0. The van der Waals surface area contributed by atoms with Crippen LogP contribution in [0.5, 0.6) is 5.75 Å². The van der Waals surface area contributed by atoms with E-state index in [0.29, 0.717) is 11.5 Å². The van der Waals surface area contributed by atoms with Crippen LogP contribution in [0.25, 0.3) is 11.3 Å². The molecule has 0 unspecified atom stereocenters. The molecule has 1 heterocycles. The number of nitrogens with zero attached hydrogens (tertiary/aromatic N) is 2. The molecule has 3 aromatic rings. The molecule has 0 aliphatic rings. The molecule has 6 heteroatoms. The zero-order valence-corrected chi connectivity index (χ0v) is 12.9. The highest BCUT2D eigenvalue weighted by Gasteiger charge is 2.10. The van der Waals surface area contributed by atoms with E-state index in [1.165, 1.54) is 13.2 Å². The zero-order chi connectivity index (χ0) is 16.9. The normalized spacial score (nSPS) is 10.2. The molecule has 2 aromatic carbocycles. The van der Waals surface area contributed by atoms with Crippen LogP contribution in [0.1, 0.15) is 10.4 Å². The fourth-order valence-corrected chi connectivity index (χ4v) is 2.18. The van der Waals surface area contributed by atoms with E-state index < -0.39 is 5.97 Å². The number of carbonyl (C=O) groups is 1. The number of hydrogen-bond donors (Lipinski definition) is 2. The van der Waals surface area contributed by atoms with Crippen LogP contribution in [0.4, 0.5) is 11.5 Å². The summed E-state index contributed by atoms with van der Waals surface area (Å²) in [5.41, 5.74) is 2.42. The summed E-state index contributed by atoms with van der Waals surface area (Å²) >= 11 is 0. The van der Waals surface area contributed by atoms with Crippen molar-refractivity contribution in [1.82, 2.24) is 10.2 Å². The third kappa shape index (κ3) is 3.33. The van der Waals surface area contributed by atoms with Crippen LogP contribution < -0.4 is 5.32 Å². The summed E-state index contributed by atoms with van der Waals surface area (Å²) in [7, 11) is 1.29. The van der Waals surface area contributed by atoms with E-state index >= 15 is 0 Å². The lowest BCUT2D eigenvalue weighted by Crippen LogP contribution is -2.02. The number of carbonyl (C=O) groups excluding carboxylic acids is 1. The average molecular weight is 321 g/mol. The predicted molar refractivity (Wildman–Crippen MR) is 90.2 cm³/mol. The monoisotopic (exact) mass is 321 g/mol. The van der Waals surface area contributed by atoms with Gasteiger partial charge in [0.15, 0.2) is 5.82 Å². The van der Waals surface area contributed by atoms with Crippen molar-refractivity contribution in [3.63, 3.8) is 0 Å². The van der Waals surface area contributed by atoms with Gasteiger partial charge < -0.3 is 15.2 Å². The van der Waals surface area contributed by atoms with Crippen LogP contribution in [0.15, 0.2) is 60.7 Å². The second-order valence-electron chi connectivity index (χ2n) is 5.02. The molecule has 2 N–H and O–H groups in total. The lowest BCUT2D eigenvalue weighted by molar-refractivity contribution is 0.0600. The highest BCUT2D eigenvalue weighted by molar-refractivity contribution is 5.90. The number of hydrogen-bond acceptors (Lipinski definition) is 6. The molecule has 0 fully saturated rings. The van der Waals surface area contributed by atoms with E-state index in [2.05, 4.69) is 20.3 Å². The molecule has 1 aromatic heterocycles. The predicted octanol–water partition coefficient (Wildman–Crippen LogP) is 3.38. The highest BCUT2D eigenvalue weighted by Crippen LogP contribution is 2.27. The van der Waals surface area contributed by atoms with Gasteiger partial charge in [0.05, 0.1) is 24.1 Å². The molecule has 0 atom stereocenters. The highest BCUT2D eigenvalue weighted by atomic mass is 16.5. The van der Waals surface area contributed by atoms with Crippen LogP contribution >= 0.6 is 0 Å². The Morgan fingerprint density at radius 2 is 1.83 bits per heavy atom. The van der Waals surface area contributed by atoms with Gasteiger partial charge in [0.2, 0.25) is 0 Å². The molecule has 0 aliphatic carbocycles. The number of esters is 1. The summed E-state index contributed by atoms with van der Waals surface area (Å²) < 4.78 is 4.61. The quantitative estimate of drug-likeness (QED) is 0.566. The van der Waals surface area contributed by atoms with Gasteiger partial charge in [-0.15, -0.1) is 10.2 Å². The van der Waals surface area contributed by atoms with Crippen LogP contribution in [0.2, 0.25) is 0 Å². The smallest absolute Gasteiger partial charge is 0.337 e. The molecule has 3 rings (SSSR count). The van der Waals surface area contributed by atoms with E-state index in [9.17, 15) is 9.90 Å². The molecular formula is C18H15N3O3. The van der Waals surface area contributed by atoms with Crippen LogP contribution in [-0.2, 0) is 4.74 Å². The maximum Gasteiger partial charge on any atom is 0.337 e. The standard InChI is InChI=1S/C18H15N3O3/c1-24-18(23)13-7-8-15(16(22)11-13)19-17-10-9-14(20-21-17)12-5-3-2-4-6-12/h2-11,22H,1H3,(H,19,21). The van der Waals surface area contributed by atoms with E-state index in [0.717, 1.165) is 11.3 Å². The van der Waals surface area contributed by atoms with Crippen molar-refractivity contribution in [2.75, 3.05) is 12.4 Å². The Balaban J connectivity index is 1.78. The minimum atomic E-state index is -0.510. The van der Waals surface area contributed by atoms with Gasteiger partial charge in [-0.1, -0.05) is 30.3 Å². The van der Waals surface area contributed by atoms with Crippen LogP contribution in [0, 0.1) is 0 Å². The maximum absolute atomic E-state index is 11.4. The summed E-state index contributed by atoms with van der Waals surface area (Å²) in [6, 6.07) is 17.8. The number of anilines is 2. The number of benzene rings is 2. The first-order valence-corrected chi connectivity index (χ1v) is 7.25. The number of ether oxygens (including phenoxy) is 1. The third-order valence-electron chi connectivity index (χ3n) is 3.42. The van der Waals surface area contributed by atoms with Crippen molar-refractivity contribution in [3.8, 4) is 17.0 Å². The summed E-state index contributed by atoms with van der Waals surface area (Å²) in [6.07, 6.45) is 0. The van der Waals surface area contributed by atoms with E-state index in [-0.39, 0.29) is 11.3 Å². The number of rotatable bonds is 4. The fraction of sp³-hybridized carbons (Fsp3) is 0.0556. The Kier molecular flexibility index (Phi) is 4.38. The molecule has 6 nitrogen and oxygen atoms in total. The molecule has 0 saturated carbocycles. The van der Waals surface area contributed by atoms with Gasteiger partial charge in [-0.25, -0.2) is 4.79 Å².